The molecule has 2 aromatic carbocycles. The molecule has 114 valence electrons. The molecule has 4 heteroatoms. The first kappa shape index (κ1) is 16.3. The average molecular weight is 361 g/mol. The lowest BCUT2D eigenvalue weighted by Crippen LogP contribution is -2.00. The third-order valence-electron chi connectivity index (χ3n) is 3.21. The molecule has 0 aliphatic rings. The first-order valence-electron chi connectivity index (χ1n) is 6.81. The summed E-state index contributed by atoms with van der Waals surface area (Å²) in [6.45, 7) is 0. The lowest BCUT2D eigenvalue weighted by Gasteiger charge is -2.04. The second-order valence-electron chi connectivity index (χ2n) is 4.69. The fraction of sp³-hybridized carbons (Fsp3) is 0.167. The first-order valence-corrected chi connectivity index (χ1v) is 7.60. The van der Waals surface area contributed by atoms with Crippen LogP contribution < -0.4 is 4.74 Å². The molecule has 0 aliphatic heterocycles. The largest absolute Gasteiger partial charge is 0.497 e. The number of allylic oxidation sites excluding steroid dienone is 1. The van der Waals surface area contributed by atoms with Crippen molar-refractivity contribution in [3.63, 3.8) is 0 Å². The fourth-order valence-corrected chi connectivity index (χ4v) is 2.54. The van der Waals surface area contributed by atoms with E-state index in [9.17, 15) is 4.79 Å². The smallest absolute Gasteiger partial charge is 0.337 e. The molecule has 0 N–H and O–H groups in total. The molecule has 0 fully saturated rings. The Bertz CT molecular complexity index is 692. The Morgan fingerprint density at radius 3 is 2.68 bits per heavy atom. The number of ether oxygens (including phenoxy) is 2. The number of esters is 1. The van der Waals surface area contributed by atoms with Crippen LogP contribution >= 0.6 is 15.9 Å². The van der Waals surface area contributed by atoms with Crippen molar-refractivity contribution >= 4 is 28.0 Å². The van der Waals surface area contributed by atoms with Crippen LogP contribution in [-0.2, 0) is 11.2 Å². The minimum Gasteiger partial charge on any atom is -0.497 e. The van der Waals surface area contributed by atoms with E-state index in [1.807, 2.05) is 30.3 Å². The summed E-state index contributed by atoms with van der Waals surface area (Å²) < 4.78 is 10.8. The van der Waals surface area contributed by atoms with Gasteiger partial charge < -0.3 is 9.47 Å². The van der Waals surface area contributed by atoms with Crippen molar-refractivity contribution in [3.05, 3.63) is 69.7 Å². The standard InChI is InChI=1S/C18H17BrO3/c1-21-16-8-4-6-13(11-16)5-3-7-14-9-10-15(12-17(14)19)18(20)22-2/h3-4,6-12H,5H2,1-2H3. The van der Waals surface area contributed by atoms with Crippen molar-refractivity contribution in [1.29, 1.82) is 0 Å². The number of halogens is 1. The van der Waals surface area contributed by atoms with Crippen LogP contribution in [0.4, 0.5) is 0 Å². The third-order valence-corrected chi connectivity index (χ3v) is 3.89. The first-order chi connectivity index (χ1) is 10.6. The Labute approximate surface area is 138 Å². The van der Waals surface area contributed by atoms with Crippen molar-refractivity contribution < 1.29 is 14.3 Å². The second kappa shape index (κ2) is 7.80. The maximum atomic E-state index is 11.5. The summed E-state index contributed by atoms with van der Waals surface area (Å²) in [5.74, 6) is 0.516. The highest BCUT2D eigenvalue weighted by Crippen LogP contribution is 2.21. The topological polar surface area (TPSA) is 35.5 Å². The summed E-state index contributed by atoms with van der Waals surface area (Å²) in [5.41, 5.74) is 2.72. The van der Waals surface area contributed by atoms with Gasteiger partial charge in [-0.2, -0.15) is 0 Å². The molecule has 22 heavy (non-hydrogen) atoms. The lowest BCUT2D eigenvalue weighted by molar-refractivity contribution is 0.0600. The molecule has 0 radical (unpaired) electrons. The number of benzene rings is 2. The van der Waals surface area contributed by atoms with E-state index in [0.717, 1.165) is 22.2 Å². The predicted octanol–water partition coefficient (Wildman–Crippen LogP) is 4.50. The highest BCUT2D eigenvalue weighted by molar-refractivity contribution is 9.10. The molecule has 0 saturated carbocycles. The minimum absolute atomic E-state index is 0.340. The fourth-order valence-electron chi connectivity index (χ4n) is 2.03. The van der Waals surface area contributed by atoms with E-state index in [2.05, 4.69) is 28.1 Å². The maximum Gasteiger partial charge on any atom is 0.337 e. The van der Waals surface area contributed by atoms with Gasteiger partial charge in [0.15, 0.2) is 0 Å². The minimum atomic E-state index is -0.340. The Morgan fingerprint density at radius 1 is 1.18 bits per heavy atom. The van der Waals surface area contributed by atoms with Gasteiger partial charge in [0, 0.05) is 4.47 Å². The van der Waals surface area contributed by atoms with Gasteiger partial charge in [0.05, 0.1) is 19.8 Å². The van der Waals surface area contributed by atoms with Crippen LogP contribution in [0, 0.1) is 0 Å². The van der Waals surface area contributed by atoms with E-state index in [4.69, 9.17) is 9.47 Å². The van der Waals surface area contributed by atoms with E-state index in [-0.39, 0.29) is 5.97 Å². The maximum absolute atomic E-state index is 11.5. The molecule has 0 spiro atoms. The summed E-state index contributed by atoms with van der Waals surface area (Å²) in [5, 5.41) is 0. The molecular weight excluding hydrogens is 344 g/mol. The quantitative estimate of drug-likeness (QED) is 0.736. The zero-order valence-corrected chi connectivity index (χ0v) is 14.1. The van der Waals surface area contributed by atoms with Gasteiger partial charge in [-0.1, -0.05) is 46.3 Å². The highest BCUT2D eigenvalue weighted by atomic mass is 79.9. The van der Waals surface area contributed by atoms with Crippen molar-refractivity contribution in [2.45, 2.75) is 6.42 Å². The van der Waals surface area contributed by atoms with Crippen LogP contribution in [0.25, 0.3) is 6.08 Å². The summed E-state index contributed by atoms with van der Waals surface area (Å²) in [6, 6.07) is 13.4. The molecule has 0 amide bonds. The van der Waals surface area contributed by atoms with E-state index in [0.29, 0.717) is 5.56 Å². The predicted molar refractivity (Wildman–Crippen MR) is 91.2 cm³/mol. The van der Waals surface area contributed by atoms with E-state index in [1.54, 1.807) is 19.2 Å². The molecule has 0 saturated heterocycles. The van der Waals surface area contributed by atoms with Gasteiger partial charge in [-0.05, 0) is 41.8 Å². The zero-order chi connectivity index (χ0) is 15.9. The van der Waals surface area contributed by atoms with Gasteiger partial charge in [-0.25, -0.2) is 4.79 Å². The van der Waals surface area contributed by atoms with Gasteiger partial charge in [0.2, 0.25) is 0 Å². The zero-order valence-electron chi connectivity index (χ0n) is 12.5. The van der Waals surface area contributed by atoms with Crippen molar-refractivity contribution in [1.82, 2.24) is 0 Å². The van der Waals surface area contributed by atoms with Crippen molar-refractivity contribution in [3.8, 4) is 5.75 Å². The molecule has 0 aromatic heterocycles. The summed E-state index contributed by atoms with van der Waals surface area (Å²) >= 11 is 3.47. The number of rotatable bonds is 5. The molecule has 0 unspecified atom stereocenters. The molecule has 0 aliphatic carbocycles. The van der Waals surface area contributed by atoms with E-state index >= 15 is 0 Å². The van der Waals surface area contributed by atoms with Crippen LogP contribution in [0.2, 0.25) is 0 Å². The van der Waals surface area contributed by atoms with Crippen LogP contribution in [0.5, 0.6) is 5.75 Å². The molecule has 0 bridgehead atoms. The summed E-state index contributed by atoms with van der Waals surface area (Å²) in [4.78, 5) is 11.5. The summed E-state index contributed by atoms with van der Waals surface area (Å²) in [6.07, 6.45) is 4.90. The van der Waals surface area contributed by atoms with Crippen LogP contribution in [0.3, 0.4) is 0 Å². The third kappa shape index (κ3) is 4.21. The lowest BCUT2D eigenvalue weighted by atomic mass is 10.1. The average Bonchev–Trinajstić information content (AvgIpc) is 2.55. The second-order valence-corrected chi connectivity index (χ2v) is 5.54. The van der Waals surface area contributed by atoms with E-state index < -0.39 is 0 Å². The SMILES string of the molecule is COC(=O)c1ccc(C=CCc2cccc(OC)c2)c(Br)c1. The molecule has 0 atom stereocenters. The molecule has 3 nitrogen and oxygen atoms in total. The molecule has 2 aromatic rings. The molecule has 0 heterocycles. The number of methoxy groups -OCH3 is 2. The van der Waals surface area contributed by atoms with Gasteiger partial charge in [0.1, 0.15) is 5.75 Å². The van der Waals surface area contributed by atoms with Gasteiger partial charge >= 0.3 is 5.97 Å². The molecular formula is C18H17BrO3. The van der Waals surface area contributed by atoms with Crippen molar-refractivity contribution in [2.24, 2.45) is 0 Å². The van der Waals surface area contributed by atoms with Gasteiger partial charge in [-0.15, -0.1) is 0 Å². The summed E-state index contributed by atoms with van der Waals surface area (Å²) in [7, 11) is 3.03. The van der Waals surface area contributed by atoms with E-state index in [1.165, 1.54) is 12.7 Å². The van der Waals surface area contributed by atoms with Gasteiger partial charge in [-0.3, -0.25) is 0 Å². The van der Waals surface area contributed by atoms with Crippen LogP contribution in [0.1, 0.15) is 21.5 Å². The Balaban J connectivity index is 2.08. The Kier molecular flexibility index (Phi) is 5.78. The van der Waals surface area contributed by atoms with Crippen molar-refractivity contribution in [2.75, 3.05) is 14.2 Å². The molecule has 2 rings (SSSR count). The van der Waals surface area contributed by atoms with Gasteiger partial charge in [0.25, 0.3) is 0 Å². The highest BCUT2D eigenvalue weighted by Gasteiger charge is 2.06. The number of hydrogen-bond donors (Lipinski definition) is 0. The number of hydrogen-bond acceptors (Lipinski definition) is 3. The number of carbonyl (C=O) groups excluding carboxylic acids is 1. The number of carbonyl (C=O) groups is 1. The Hall–Kier alpha value is -2.07. The van der Waals surface area contributed by atoms with Crippen LogP contribution in [0.15, 0.2) is 53.0 Å². The van der Waals surface area contributed by atoms with Crippen LogP contribution in [-0.4, -0.2) is 20.2 Å². The normalized spacial score (nSPS) is 10.7. The Morgan fingerprint density at radius 2 is 2.00 bits per heavy atom. The monoisotopic (exact) mass is 360 g/mol.